The Bertz CT molecular complexity index is 389. The van der Waals surface area contributed by atoms with Gasteiger partial charge in [-0.25, -0.2) is 0 Å². The predicted molar refractivity (Wildman–Crippen MR) is 80.8 cm³/mol. The summed E-state index contributed by atoms with van der Waals surface area (Å²) in [5.41, 5.74) is 2.90. The second-order valence-electron chi connectivity index (χ2n) is 5.38. The van der Waals surface area contributed by atoms with E-state index in [2.05, 4.69) is 37.4 Å². The Balaban J connectivity index is 2.06. The molecular weight excluding hydrogens is 234 g/mol. The summed E-state index contributed by atoms with van der Waals surface area (Å²) in [6, 6.07) is 7.07. The van der Waals surface area contributed by atoms with Crippen molar-refractivity contribution < 1.29 is 4.74 Å². The average molecular weight is 261 g/mol. The zero-order valence-electron chi connectivity index (χ0n) is 12.4. The third-order valence-electron chi connectivity index (χ3n) is 3.92. The SMILES string of the molecule is CCCCCOc1cccc2c1CCCC2NCC. The quantitative estimate of drug-likeness (QED) is 0.741. The lowest BCUT2D eigenvalue weighted by molar-refractivity contribution is 0.300. The first-order valence-electron chi connectivity index (χ1n) is 7.84. The van der Waals surface area contributed by atoms with E-state index in [1.807, 2.05) is 0 Å². The highest BCUT2D eigenvalue weighted by Gasteiger charge is 2.21. The van der Waals surface area contributed by atoms with Crippen LogP contribution in [0, 0.1) is 0 Å². The molecule has 0 bridgehead atoms. The number of hydrogen-bond donors (Lipinski definition) is 1. The van der Waals surface area contributed by atoms with Crippen LogP contribution in [0.2, 0.25) is 0 Å². The van der Waals surface area contributed by atoms with Crippen molar-refractivity contribution in [1.29, 1.82) is 0 Å². The highest BCUT2D eigenvalue weighted by atomic mass is 16.5. The Labute approximate surface area is 117 Å². The summed E-state index contributed by atoms with van der Waals surface area (Å²) < 4.78 is 6.01. The van der Waals surface area contributed by atoms with Crippen molar-refractivity contribution in [2.45, 2.75) is 58.4 Å². The molecule has 0 aliphatic heterocycles. The molecule has 1 unspecified atom stereocenters. The van der Waals surface area contributed by atoms with E-state index in [1.165, 1.54) is 43.2 Å². The third kappa shape index (κ3) is 3.73. The van der Waals surface area contributed by atoms with Crippen LogP contribution in [0.1, 0.15) is 63.1 Å². The average Bonchev–Trinajstić information content (AvgIpc) is 2.44. The Morgan fingerprint density at radius 3 is 2.95 bits per heavy atom. The predicted octanol–water partition coefficient (Wildman–Crippen LogP) is 4.24. The molecule has 1 aliphatic rings. The number of nitrogens with one attached hydrogen (secondary N) is 1. The molecule has 0 spiro atoms. The molecule has 1 aromatic carbocycles. The fraction of sp³-hybridized carbons (Fsp3) is 0.647. The van der Waals surface area contributed by atoms with E-state index >= 15 is 0 Å². The number of rotatable bonds is 7. The Hall–Kier alpha value is -1.02. The van der Waals surface area contributed by atoms with Gasteiger partial charge < -0.3 is 10.1 Å². The Morgan fingerprint density at radius 1 is 1.26 bits per heavy atom. The van der Waals surface area contributed by atoms with Crippen LogP contribution in [-0.2, 0) is 6.42 Å². The van der Waals surface area contributed by atoms with Crippen LogP contribution < -0.4 is 10.1 Å². The van der Waals surface area contributed by atoms with Gasteiger partial charge in [0.25, 0.3) is 0 Å². The molecule has 106 valence electrons. The van der Waals surface area contributed by atoms with Gasteiger partial charge in [0.1, 0.15) is 5.75 Å². The molecule has 0 radical (unpaired) electrons. The number of hydrogen-bond acceptors (Lipinski definition) is 2. The van der Waals surface area contributed by atoms with Crippen LogP contribution in [0.15, 0.2) is 18.2 Å². The molecule has 19 heavy (non-hydrogen) atoms. The van der Waals surface area contributed by atoms with E-state index in [4.69, 9.17) is 4.74 Å². The summed E-state index contributed by atoms with van der Waals surface area (Å²) in [7, 11) is 0. The highest BCUT2D eigenvalue weighted by Crippen LogP contribution is 2.35. The minimum atomic E-state index is 0.521. The first-order valence-corrected chi connectivity index (χ1v) is 7.84. The van der Waals surface area contributed by atoms with Crippen molar-refractivity contribution >= 4 is 0 Å². The standard InChI is InChI=1S/C17H27NO/c1-3-5-6-13-19-17-12-8-9-14-15(17)10-7-11-16(14)18-4-2/h8-9,12,16,18H,3-7,10-11,13H2,1-2H3. The summed E-state index contributed by atoms with van der Waals surface area (Å²) in [5.74, 6) is 1.12. The smallest absolute Gasteiger partial charge is 0.122 e. The molecule has 2 nitrogen and oxygen atoms in total. The molecule has 2 rings (SSSR count). The van der Waals surface area contributed by atoms with Crippen LogP contribution in [-0.4, -0.2) is 13.2 Å². The van der Waals surface area contributed by atoms with Crippen LogP contribution >= 0.6 is 0 Å². The lowest BCUT2D eigenvalue weighted by atomic mass is 9.87. The van der Waals surface area contributed by atoms with Crippen molar-refractivity contribution in [2.24, 2.45) is 0 Å². The molecule has 1 aliphatic carbocycles. The molecule has 1 N–H and O–H groups in total. The van der Waals surface area contributed by atoms with Crippen molar-refractivity contribution in [2.75, 3.05) is 13.2 Å². The lowest BCUT2D eigenvalue weighted by Gasteiger charge is -2.27. The van der Waals surface area contributed by atoms with Crippen LogP contribution in [0.25, 0.3) is 0 Å². The van der Waals surface area contributed by atoms with E-state index in [-0.39, 0.29) is 0 Å². The van der Waals surface area contributed by atoms with Gasteiger partial charge in [-0.3, -0.25) is 0 Å². The van der Waals surface area contributed by atoms with Crippen LogP contribution in [0.3, 0.4) is 0 Å². The first kappa shape index (κ1) is 14.4. The highest BCUT2D eigenvalue weighted by molar-refractivity contribution is 5.43. The van der Waals surface area contributed by atoms with E-state index in [1.54, 1.807) is 0 Å². The minimum Gasteiger partial charge on any atom is -0.493 e. The second kappa shape index (κ2) is 7.54. The Morgan fingerprint density at radius 2 is 2.16 bits per heavy atom. The second-order valence-corrected chi connectivity index (χ2v) is 5.38. The van der Waals surface area contributed by atoms with E-state index in [9.17, 15) is 0 Å². The van der Waals surface area contributed by atoms with Gasteiger partial charge in [-0.2, -0.15) is 0 Å². The summed E-state index contributed by atoms with van der Waals surface area (Å²) in [6.45, 7) is 6.30. The first-order chi connectivity index (χ1) is 9.36. The van der Waals surface area contributed by atoms with Gasteiger partial charge in [-0.1, -0.05) is 38.8 Å². The van der Waals surface area contributed by atoms with E-state index in [0.29, 0.717) is 6.04 Å². The fourth-order valence-electron chi connectivity index (χ4n) is 2.94. The molecule has 0 fully saturated rings. The van der Waals surface area contributed by atoms with Crippen molar-refractivity contribution in [3.63, 3.8) is 0 Å². The monoisotopic (exact) mass is 261 g/mol. The largest absolute Gasteiger partial charge is 0.493 e. The van der Waals surface area contributed by atoms with Gasteiger partial charge in [0.2, 0.25) is 0 Å². The summed E-state index contributed by atoms with van der Waals surface area (Å²) >= 11 is 0. The molecule has 0 saturated heterocycles. The van der Waals surface area contributed by atoms with Crippen LogP contribution in [0.5, 0.6) is 5.75 Å². The van der Waals surface area contributed by atoms with Gasteiger partial charge in [0, 0.05) is 6.04 Å². The van der Waals surface area contributed by atoms with Gasteiger partial charge in [-0.15, -0.1) is 0 Å². The zero-order chi connectivity index (χ0) is 13.5. The molecule has 0 amide bonds. The topological polar surface area (TPSA) is 21.3 Å². The fourth-order valence-corrected chi connectivity index (χ4v) is 2.94. The molecule has 1 aromatic rings. The van der Waals surface area contributed by atoms with Crippen molar-refractivity contribution in [3.8, 4) is 5.75 Å². The van der Waals surface area contributed by atoms with E-state index in [0.717, 1.165) is 25.3 Å². The Kier molecular flexibility index (Phi) is 5.71. The number of fused-ring (bicyclic) bond motifs is 1. The van der Waals surface area contributed by atoms with E-state index < -0.39 is 0 Å². The molecular formula is C17H27NO. The van der Waals surface area contributed by atoms with Crippen molar-refractivity contribution in [3.05, 3.63) is 29.3 Å². The van der Waals surface area contributed by atoms with Crippen molar-refractivity contribution in [1.82, 2.24) is 5.32 Å². The zero-order valence-corrected chi connectivity index (χ0v) is 12.4. The molecule has 1 atom stereocenters. The maximum Gasteiger partial charge on any atom is 0.122 e. The van der Waals surface area contributed by atoms with Gasteiger partial charge in [-0.05, 0) is 49.4 Å². The van der Waals surface area contributed by atoms with Crippen LogP contribution in [0.4, 0.5) is 0 Å². The third-order valence-corrected chi connectivity index (χ3v) is 3.92. The number of unbranched alkanes of at least 4 members (excludes halogenated alkanes) is 2. The maximum atomic E-state index is 6.01. The molecule has 2 heteroatoms. The van der Waals surface area contributed by atoms with Gasteiger partial charge >= 0.3 is 0 Å². The molecule has 0 saturated carbocycles. The maximum absolute atomic E-state index is 6.01. The normalized spacial score (nSPS) is 18.1. The molecule has 0 aromatic heterocycles. The number of benzene rings is 1. The minimum absolute atomic E-state index is 0.521. The summed E-state index contributed by atoms with van der Waals surface area (Å²) in [6.07, 6.45) is 7.35. The molecule has 0 heterocycles. The summed E-state index contributed by atoms with van der Waals surface area (Å²) in [5, 5.41) is 3.59. The lowest BCUT2D eigenvalue weighted by Crippen LogP contribution is -2.25. The summed E-state index contributed by atoms with van der Waals surface area (Å²) in [4.78, 5) is 0. The van der Waals surface area contributed by atoms with Gasteiger partial charge in [0.05, 0.1) is 6.61 Å². The van der Waals surface area contributed by atoms with Gasteiger partial charge in [0.15, 0.2) is 0 Å². The number of ether oxygens (including phenoxy) is 1.